The summed E-state index contributed by atoms with van der Waals surface area (Å²) < 4.78 is 11.3. The first kappa shape index (κ1) is 13.3. The van der Waals surface area contributed by atoms with E-state index in [1.165, 1.54) is 5.56 Å². The van der Waals surface area contributed by atoms with Crippen molar-refractivity contribution in [2.45, 2.75) is 38.8 Å². The third-order valence-electron chi connectivity index (χ3n) is 3.11. The van der Waals surface area contributed by atoms with Crippen molar-refractivity contribution in [1.29, 1.82) is 0 Å². The molecule has 1 aromatic rings. The third-order valence-corrected chi connectivity index (χ3v) is 3.11. The van der Waals surface area contributed by atoms with E-state index in [4.69, 9.17) is 9.47 Å². The molecule has 1 aliphatic heterocycles. The van der Waals surface area contributed by atoms with Crippen molar-refractivity contribution in [1.82, 2.24) is 10.3 Å². The number of hydrogen-bond acceptors (Lipinski definition) is 4. The number of nitrogens with one attached hydrogen (secondary N) is 1. The summed E-state index contributed by atoms with van der Waals surface area (Å²) in [6.45, 7) is 4.55. The maximum Gasteiger partial charge on any atom is 0.214 e. The fraction of sp³-hybridized carbons (Fsp3) is 0.643. The van der Waals surface area contributed by atoms with Crippen LogP contribution in [0.3, 0.4) is 0 Å². The van der Waals surface area contributed by atoms with E-state index in [9.17, 15) is 0 Å². The summed E-state index contributed by atoms with van der Waals surface area (Å²) in [4.78, 5) is 4.54. The minimum atomic E-state index is 0.251. The number of rotatable bonds is 5. The summed E-state index contributed by atoms with van der Waals surface area (Å²) in [5.41, 5.74) is 2.32. The highest BCUT2D eigenvalue weighted by atomic mass is 16.5. The van der Waals surface area contributed by atoms with Gasteiger partial charge in [0.1, 0.15) is 6.10 Å². The van der Waals surface area contributed by atoms with Crippen molar-refractivity contribution < 1.29 is 9.47 Å². The Hall–Kier alpha value is -1.13. The minimum Gasteiger partial charge on any atom is -0.474 e. The topological polar surface area (TPSA) is 43.4 Å². The molecule has 1 saturated heterocycles. The molecule has 1 N–H and O–H groups in total. The lowest BCUT2D eigenvalue weighted by Gasteiger charge is -2.23. The van der Waals surface area contributed by atoms with Crippen molar-refractivity contribution in [3.8, 4) is 5.88 Å². The lowest BCUT2D eigenvalue weighted by Crippen LogP contribution is -2.26. The van der Waals surface area contributed by atoms with Crippen LogP contribution in [0.5, 0.6) is 5.88 Å². The zero-order chi connectivity index (χ0) is 12.8. The van der Waals surface area contributed by atoms with Gasteiger partial charge in [-0.05, 0) is 25.1 Å². The Morgan fingerprint density at radius 2 is 2.17 bits per heavy atom. The minimum absolute atomic E-state index is 0.251. The van der Waals surface area contributed by atoms with Crippen LogP contribution in [0, 0.1) is 0 Å². The zero-order valence-electron chi connectivity index (χ0n) is 11.2. The molecule has 0 saturated carbocycles. The number of nitrogens with zero attached hydrogens (tertiary/aromatic N) is 1. The first-order valence-electron chi connectivity index (χ1n) is 6.70. The first-order chi connectivity index (χ1) is 8.81. The Labute approximate surface area is 109 Å². The number of aromatic nitrogens is 1. The van der Waals surface area contributed by atoms with Gasteiger partial charge in [-0.1, -0.05) is 6.92 Å². The standard InChI is InChI=1S/C14H22N2O2/c1-3-12-8-11(10-15-2)9-14(16-12)18-13-4-6-17-7-5-13/h8-9,13,15H,3-7,10H2,1-2H3. The van der Waals surface area contributed by atoms with Gasteiger partial charge in [0, 0.05) is 31.1 Å². The molecule has 4 heteroatoms. The van der Waals surface area contributed by atoms with Gasteiger partial charge in [0.25, 0.3) is 0 Å². The van der Waals surface area contributed by atoms with Crippen LogP contribution in [-0.2, 0) is 17.7 Å². The van der Waals surface area contributed by atoms with Crippen LogP contribution in [0.15, 0.2) is 12.1 Å². The first-order valence-corrected chi connectivity index (χ1v) is 6.70. The third kappa shape index (κ3) is 3.68. The number of hydrogen-bond donors (Lipinski definition) is 1. The van der Waals surface area contributed by atoms with Gasteiger partial charge in [-0.2, -0.15) is 0 Å². The van der Waals surface area contributed by atoms with E-state index < -0.39 is 0 Å². The van der Waals surface area contributed by atoms with Crippen molar-refractivity contribution >= 4 is 0 Å². The molecule has 0 aromatic carbocycles. The normalized spacial score (nSPS) is 16.8. The summed E-state index contributed by atoms with van der Waals surface area (Å²) in [6.07, 6.45) is 3.10. The van der Waals surface area contributed by atoms with Crippen molar-refractivity contribution in [2.75, 3.05) is 20.3 Å². The van der Waals surface area contributed by atoms with E-state index in [1.807, 2.05) is 13.1 Å². The molecule has 100 valence electrons. The summed E-state index contributed by atoms with van der Waals surface area (Å²) in [5, 5.41) is 3.16. The van der Waals surface area contributed by atoms with E-state index >= 15 is 0 Å². The summed E-state index contributed by atoms with van der Waals surface area (Å²) in [6, 6.07) is 4.17. The largest absolute Gasteiger partial charge is 0.474 e. The molecule has 18 heavy (non-hydrogen) atoms. The van der Waals surface area contributed by atoms with E-state index in [0.717, 1.165) is 50.6 Å². The number of aryl methyl sites for hydroxylation is 1. The molecule has 0 spiro atoms. The second kappa shape index (κ2) is 6.71. The molecule has 0 unspecified atom stereocenters. The highest BCUT2D eigenvalue weighted by Crippen LogP contribution is 2.18. The molecule has 1 aromatic heterocycles. The van der Waals surface area contributed by atoms with Gasteiger partial charge in [0.15, 0.2) is 0 Å². The highest BCUT2D eigenvalue weighted by molar-refractivity contribution is 5.25. The maximum atomic E-state index is 5.97. The molecule has 0 radical (unpaired) electrons. The highest BCUT2D eigenvalue weighted by Gasteiger charge is 2.16. The molecule has 0 bridgehead atoms. The lowest BCUT2D eigenvalue weighted by atomic mass is 10.1. The number of pyridine rings is 1. The molecule has 2 rings (SSSR count). The van der Waals surface area contributed by atoms with Gasteiger partial charge in [-0.3, -0.25) is 0 Å². The van der Waals surface area contributed by atoms with Gasteiger partial charge in [-0.15, -0.1) is 0 Å². The maximum absolute atomic E-state index is 5.97. The van der Waals surface area contributed by atoms with E-state index in [0.29, 0.717) is 0 Å². The SMILES string of the molecule is CCc1cc(CNC)cc(OC2CCOCC2)n1. The van der Waals surface area contributed by atoms with Crippen LogP contribution in [0.25, 0.3) is 0 Å². The lowest BCUT2D eigenvalue weighted by molar-refractivity contribution is 0.0236. The van der Waals surface area contributed by atoms with Crippen LogP contribution in [0.4, 0.5) is 0 Å². The molecule has 0 atom stereocenters. The smallest absolute Gasteiger partial charge is 0.214 e. The molecule has 0 aliphatic carbocycles. The van der Waals surface area contributed by atoms with Crippen molar-refractivity contribution in [3.05, 3.63) is 23.4 Å². The predicted octanol–water partition coefficient (Wildman–Crippen LogP) is 1.92. The Bertz CT molecular complexity index is 376. The van der Waals surface area contributed by atoms with Gasteiger partial charge >= 0.3 is 0 Å². The quantitative estimate of drug-likeness (QED) is 0.867. The Balaban J connectivity index is 2.07. The molecule has 2 heterocycles. The average Bonchev–Trinajstić information content (AvgIpc) is 2.40. The molecule has 1 fully saturated rings. The van der Waals surface area contributed by atoms with E-state index in [-0.39, 0.29) is 6.10 Å². The summed E-state index contributed by atoms with van der Waals surface area (Å²) >= 11 is 0. The molecular weight excluding hydrogens is 228 g/mol. The van der Waals surface area contributed by atoms with Crippen LogP contribution in [0.2, 0.25) is 0 Å². The molecule has 1 aliphatic rings. The van der Waals surface area contributed by atoms with Crippen LogP contribution in [-0.4, -0.2) is 31.3 Å². The van der Waals surface area contributed by atoms with Crippen LogP contribution < -0.4 is 10.1 Å². The molecule has 4 nitrogen and oxygen atoms in total. The fourth-order valence-corrected chi connectivity index (χ4v) is 2.13. The summed E-state index contributed by atoms with van der Waals surface area (Å²) in [7, 11) is 1.95. The molecule has 0 amide bonds. The Morgan fingerprint density at radius 3 is 2.83 bits per heavy atom. The van der Waals surface area contributed by atoms with Crippen molar-refractivity contribution in [3.63, 3.8) is 0 Å². The van der Waals surface area contributed by atoms with Gasteiger partial charge < -0.3 is 14.8 Å². The Morgan fingerprint density at radius 1 is 1.39 bits per heavy atom. The summed E-state index contributed by atoms with van der Waals surface area (Å²) in [5.74, 6) is 0.756. The fourth-order valence-electron chi connectivity index (χ4n) is 2.13. The second-order valence-corrected chi connectivity index (χ2v) is 4.62. The molecular formula is C14H22N2O2. The Kier molecular flexibility index (Phi) is 4.96. The predicted molar refractivity (Wildman–Crippen MR) is 70.8 cm³/mol. The van der Waals surface area contributed by atoms with Gasteiger partial charge in [0.05, 0.1) is 13.2 Å². The van der Waals surface area contributed by atoms with E-state index in [1.54, 1.807) is 0 Å². The van der Waals surface area contributed by atoms with Crippen LogP contribution >= 0.6 is 0 Å². The monoisotopic (exact) mass is 250 g/mol. The van der Waals surface area contributed by atoms with Gasteiger partial charge in [0.2, 0.25) is 5.88 Å². The van der Waals surface area contributed by atoms with Crippen LogP contribution in [0.1, 0.15) is 31.0 Å². The second-order valence-electron chi connectivity index (χ2n) is 4.62. The van der Waals surface area contributed by atoms with Crippen molar-refractivity contribution in [2.24, 2.45) is 0 Å². The zero-order valence-corrected chi connectivity index (χ0v) is 11.2. The van der Waals surface area contributed by atoms with E-state index in [2.05, 4.69) is 23.3 Å². The average molecular weight is 250 g/mol. The van der Waals surface area contributed by atoms with Gasteiger partial charge in [-0.25, -0.2) is 4.98 Å². The number of ether oxygens (including phenoxy) is 2.